The lowest BCUT2D eigenvalue weighted by atomic mass is 9.94. The molecule has 2 N–H and O–H groups in total. The minimum Gasteiger partial charge on any atom is -0.396 e. The number of aromatic nitrogens is 2. The van der Waals surface area contributed by atoms with Crippen molar-refractivity contribution in [1.29, 1.82) is 0 Å². The number of nitrogens with zero attached hydrogens (tertiary/aromatic N) is 2. The maximum absolute atomic E-state index is 12.7. The average molecular weight is 392 g/mol. The molecule has 1 aromatic heterocycles. The molecular formula is C21H30ClN3O2. The first kappa shape index (κ1) is 21.5. The van der Waals surface area contributed by atoms with Crippen molar-refractivity contribution in [2.45, 2.75) is 47.1 Å². The summed E-state index contributed by atoms with van der Waals surface area (Å²) in [6.45, 7) is 9.29. The summed E-state index contributed by atoms with van der Waals surface area (Å²) in [6.07, 6.45) is 1.64. The molecule has 148 valence electrons. The molecule has 0 fully saturated rings. The van der Waals surface area contributed by atoms with Crippen LogP contribution in [0, 0.1) is 25.7 Å². The summed E-state index contributed by atoms with van der Waals surface area (Å²) < 4.78 is 1.66. The number of aliphatic hydroxyl groups excluding tert-OH is 1. The molecule has 2 aromatic rings. The molecule has 0 aliphatic carbocycles. The molecule has 27 heavy (non-hydrogen) atoms. The highest BCUT2D eigenvalue weighted by Crippen LogP contribution is 2.22. The van der Waals surface area contributed by atoms with Crippen LogP contribution in [-0.2, 0) is 6.54 Å². The van der Waals surface area contributed by atoms with Crippen molar-refractivity contribution >= 4 is 17.5 Å². The van der Waals surface area contributed by atoms with Crippen LogP contribution in [0.25, 0.3) is 0 Å². The minimum absolute atomic E-state index is 0.127. The maximum atomic E-state index is 12.7. The van der Waals surface area contributed by atoms with Gasteiger partial charge in [-0.2, -0.15) is 5.10 Å². The zero-order chi connectivity index (χ0) is 20.0. The molecule has 0 saturated carbocycles. The first-order valence-electron chi connectivity index (χ1n) is 9.49. The van der Waals surface area contributed by atoms with Crippen molar-refractivity contribution in [3.05, 3.63) is 51.8 Å². The zero-order valence-electron chi connectivity index (χ0n) is 16.6. The molecule has 2 rings (SSSR count). The van der Waals surface area contributed by atoms with Crippen LogP contribution in [0.4, 0.5) is 0 Å². The molecule has 0 radical (unpaired) electrons. The summed E-state index contributed by atoms with van der Waals surface area (Å²) in [7, 11) is 0. The summed E-state index contributed by atoms with van der Waals surface area (Å²) in [5.41, 5.74) is 3.32. The molecule has 5 nitrogen and oxygen atoms in total. The second kappa shape index (κ2) is 9.90. The Kier molecular flexibility index (Phi) is 7.87. The van der Waals surface area contributed by atoms with Gasteiger partial charge in [-0.1, -0.05) is 55.3 Å². The van der Waals surface area contributed by atoms with Gasteiger partial charge in [0.1, 0.15) is 5.15 Å². The largest absolute Gasteiger partial charge is 0.396 e. The van der Waals surface area contributed by atoms with Crippen LogP contribution < -0.4 is 5.32 Å². The predicted octanol–water partition coefficient (Wildman–Crippen LogP) is 3.98. The molecule has 0 unspecified atom stereocenters. The lowest BCUT2D eigenvalue weighted by molar-refractivity contribution is 0.0941. The van der Waals surface area contributed by atoms with E-state index in [0.717, 1.165) is 12.0 Å². The van der Waals surface area contributed by atoms with Gasteiger partial charge in [0, 0.05) is 13.2 Å². The first-order valence-corrected chi connectivity index (χ1v) is 9.87. The Morgan fingerprint density at radius 3 is 2.52 bits per heavy atom. The number of benzene rings is 1. The van der Waals surface area contributed by atoms with Crippen molar-refractivity contribution in [3.8, 4) is 0 Å². The molecular weight excluding hydrogens is 362 g/mol. The van der Waals surface area contributed by atoms with E-state index in [9.17, 15) is 9.90 Å². The van der Waals surface area contributed by atoms with Gasteiger partial charge in [-0.25, -0.2) is 4.68 Å². The molecule has 1 aromatic carbocycles. The highest BCUT2D eigenvalue weighted by molar-refractivity contribution is 6.33. The van der Waals surface area contributed by atoms with Gasteiger partial charge in [-0.05, 0) is 44.1 Å². The van der Waals surface area contributed by atoms with E-state index in [4.69, 9.17) is 11.6 Å². The van der Waals surface area contributed by atoms with Crippen LogP contribution in [0.3, 0.4) is 0 Å². The first-order chi connectivity index (χ1) is 12.8. The van der Waals surface area contributed by atoms with E-state index >= 15 is 0 Å². The van der Waals surface area contributed by atoms with Gasteiger partial charge in [0.2, 0.25) is 0 Å². The molecule has 0 aliphatic rings. The van der Waals surface area contributed by atoms with Crippen LogP contribution in [-0.4, -0.2) is 33.9 Å². The van der Waals surface area contributed by atoms with E-state index in [0.29, 0.717) is 41.8 Å². The van der Waals surface area contributed by atoms with Gasteiger partial charge in [0.25, 0.3) is 5.91 Å². The van der Waals surface area contributed by atoms with Gasteiger partial charge in [0.05, 0.1) is 17.8 Å². The van der Waals surface area contributed by atoms with Crippen LogP contribution in [0.2, 0.25) is 5.15 Å². The van der Waals surface area contributed by atoms with Crippen LogP contribution in [0.1, 0.15) is 53.9 Å². The van der Waals surface area contributed by atoms with Crippen LogP contribution >= 0.6 is 11.6 Å². The van der Waals surface area contributed by atoms with E-state index in [1.807, 2.05) is 31.2 Å². The number of hydrogen-bond acceptors (Lipinski definition) is 3. The highest BCUT2D eigenvalue weighted by atomic mass is 35.5. The Hall–Kier alpha value is -1.85. The number of carbonyl (C=O) groups is 1. The molecule has 0 aliphatic heterocycles. The number of aliphatic hydroxyl groups is 1. The fourth-order valence-corrected chi connectivity index (χ4v) is 3.58. The quantitative estimate of drug-likeness (QED) is 0.679. The van der Waals surface area contributed by atoms with Crippen molar-refractivity contribution in [2.75, 3.05) is 13.2 Å². The van der Waals surface area contributed by atoms with Crippen LogP contribution in [0.15, 0.2) is 24.3 Å². The topological polar surface area (TPSA) is 67.2 Å². The maximum Gasteiger partial charge on any atom is 0.256 e. The third kappa shape index (κ3) is 6.08. The normalized spacial score (nSPS) is 12.4. The number of amides is 1. The van der Waals surface area contributed by atoms with E-state index in [1.165, 1.54) is 5.56 Å². The third-order valence-corrected chi connectivity index (χ3v) is 5.02. The van der Waals surface area contributed by atoms with Crippen molar-refractivity contribution in [1.82, 2.24) is 15.1 Å². The average Bonchev–Trinajstić information content (AvgIpc) is 2.88. The third-order valence-electron chi connectivity index (χ3n) is 4.64. The number of rotatable bonds is 9. The van der Waals surface area contributed by atoms with Gasteiger partial charge >= 0.3 is 0 Å². The van der Waals surface area contributed by atoms with E-state index in [1.54, 1.807) is 11.6 Å². The van der Waals surface area contributed by atoms with Gasteiger partial charge in [0.15, 0.2) is 0 Å². The number of hydrogen-bond donors (Lipinski definition) is 2. The highest BCUT2D eigenvalue weighted by Gasteiger charge is 2.21. The van der Waals surface area contributed by atoms with Crippen molar-refractivity contribution < 1.29 is 9.90 Å². The molecule has 0 saturated heterocycles. The zero-order valence-corrected chi connectivity index (χ0v) is 17.4. The molecule has 0 spiro atoms. The Bertz CT molecular complexity index is 754. The monoisotopic (exact) mass is 391 g/mol. The molecule has 0 bridgehead atoms. The van der Waals surface area contributed by atoms with Gasteiger partial charge < -0.3 is 10.4 Å². The standard InChI is InChI=1S/C21H30ClN3O2/c1-14(2)11-18(9-10-26)12-23-21(27)19-16(4)24-25(20(19)22)13-17-7-5-15(3)6-8-17/h5-8,14,18,26H,9-13H2,1-4H3,(H,23,27)/t18-/m1/s1. The van der Waals surface area contributed by atoms with Gasteiger partial charge in [-0.15, -0.1) is 0 Å². The number of aryl methyl sites for hydroxylation is 2. The minimum atomic E-state index is -0.209. The Labute approximate surface area is 166 Å². The Morgan fingerprint density at radius 1 is 1.26 bits per heavy atom. The fourth-order valence-electron chi connectivity index (χ4n) is 3.26. The lowest BCUT2D eigenvalue weighted by Gasteiger charge is -2.18. The smallest absolute Gasteiger partial charge is 0.256 e. The number of halogens is 1. The molecule has 1 amide bonds. The van der Waals surface area contributed by atoms with E-state index in [-0.39, 0.29) is 18.4 Å². The number of nitrogens with one attached hydrogen (secondary N) is 1. The Balaban J connectivity index is 2.07. The summed E-state index contributed by atoms with van der Waals surface area (Å²) in [5.74, 6) is 0.557. The summed E-state index contributed by atoms with van der Waals surface area (Å²) in [5, 5.41) is 17.0. The van der Waals surface area contributed by atoms with E-state index < -0.39 is 0 Å². The SMILES string of the molecule is Cc1ccc(Cn2nc(C)c(C(=O)NC[C@H](CCO)CC(C)C)c2Cl)cc1. The predicted molar refractivity (Wildman–Crippen MR) is 109 cm³/mol. The molecule has 1 atom stereocenters. The van der Waals surface area contributed by atoms with E-state index in [2.05, 4.69) is 24.3 Å². The summed E-state index contributed by atoms with van der Waals surface area (Å²) in [4.78, 5) is 12.7. The lowest BCUT2D eigenvalue weighted by Crippen LogP contribution is -2.30. The van der Waals surface area contributed by atoms with Crippen molar-refractivity contribution in [2.24, 2.45) is 11.8 Å². The summed E-state index contributed by atoms with van der Waals surface area (Å²) >= 11 is 6.47. The summed E-state index contributed by atoms with van der Waals surface area (Å²) in [6, 6.07) is 8.16. The number of carbonyl (C=O) groups excluding carboxylic acids is 1. The second-order valence-corrected chi connectivity index (χ2v) is 7.97. The Morgan fingerprint density at radius 2 is 1.93 bits per heavy atom. The van der Waals surface area contributed by atoms with Crippen molar-refractivity contribution in [3.63, 3.8) is 0 Å². The van der Waals surface area contributed by atoms with Gasteiger partial charge in [-0.3, -0.25) is 4.79 Å². The van der Waals surface area contributed by atoms with Crippen LogP contribution in [0.5, 0.6) is 0 Å². The fraction of sp³-hybridized carbons (Fsp3) is 0.524. The molecule has 6 heteroatoms. The molecule has 1 heterocycles. The second-order valence-electron chi connectivity index (χ2n) is 7.61.